The lowest BCUT2D eigenvalue weighted by atomic mass is 10.1. The number of aryl methyl sites for hydroxylation is 2. The van der Waals surface area contributed by atoms with E-state index in [2.05, 4.69) is 58.9 Å². The number of pyridine rings is 1. The number of nitrogens with zero attached hydrogens (tertiary/aromatic N) is 2. The van der Waals surface area contributed by atoms with E-state index in [0.717, 1.165) is 34.7 Å². The van der Waals surface area contributed by atoms with E-state index in [-0.39, 0.29) is 0 Å². The summed E-state index contributed by atoms with van der Waals surface area (Å²) in [6.45, 7) is 2.11. The van der Waals surface area contributed by atoms with Crippen LogP contribution in [0.4, 0.5) is 0 Å². The Morgan fingerprint density at radius 3 is 2.80 bits per heavy atom. The number of imidazole rings is 1. The van der Waals surface area contributed by atoms with Gasteiger partial charge in [0.15, 0.2) is 0 Å². The molecule has 0 radical (unpaired) electrons. The van der Waals surface area contributed by atoms with Crippen molar-refractivity contribution in [2.45, 2.75) is 19.1 Å². The highest BCUT2D eigenvalue weighted by atomic mass is 32.2. The van der Waals surface area contributed by atoms with Crippen LogP contribution in [0.15, 0.2) is 71.8 Å². The van der Waals surface area contributed by atoms with Gasteiger partial charge in [0.25, 0.3) is 0 Å². The molecule has 0 amide bonds. The molecule has 1 aromatic carbocycles. The molecule has 126 valence electrons. The van der Waals surface area contributed by atoms with E-state index in [1.807, 2.05) is 24.0 Å². The van der Waals surface area contributed by atoms with Crippen LogP contribution in [0, 0.1) is 6.92 Å². The molecule has 0 spiro atoms. The average Bonchev–Trinajstić information content (AvgIpc) is 3.30. The highest BCUT2D eigenvalue weighted by Gasteiger charge is 2.09. The maximum atomic E-state index is 5.23. The Hall–Kier alpha value is -2.46. The van der Waals surface area contributed by atoms with Gasteiger partial charge in [0.2, 0.25) is 0 Å². The Morgan fingerprint density at radius 2 is 2.00 bits per heavy atom. The minimum absolute atomic E-state index is 0.961. The van der Waals surface area contributed by atoms with Gasteiger partial charge in [-0.25, -0.2) is 4.98 Å². The fourth-order valence-corrected chi connectivity index (χ4v) is 3.96. The summed E-state index contributed by atoms with van der Waals surface area (Å²) >= 11 is 1.95. The molecule has 3 aromatic heterocycles. The van der Waals surface area contributed by atoms with E-state index in [0.29, 0.717) is 0 Å². The topological polar surface area (TPSA) is 30.4 Å². The molecule has 4 heteroatoms. The van der Waals surface area contributed by atoms with Gasteiger partial charge in [-0.05, 0) is 42.4 Å². The van der Waals surface area contributed by atoms with Crippen LogP contribution < -0.4 is 0 Å². The second kappa shape index (κ2) is 7.19. The number of rotatable bonds is 6. The number of fused-ring (bicyclic) bond motifs is 1. The third-order valence-corrected chi connectivity index (χ3v) is 5.34. The second-order valence-electron chi connectivity index (χ2n) is 6.16. The molecular formula is C21H20N2OS. The molecule has 0 bridgehead atoms. The zero-order valence-corrected chi connectivity index (χ0v) is 15.0. The minimum atomic E-state index is 0.961. The van der Waals surface area contributed by atoms with E-state index in [1.165, 1.54) is 16.8 Å². The molecule has 3 nitrogen and oxygen atoms in total. The zero-order valence-electron chi connectivity index (χ0n) is 14.2. The van der Waals surface area contributed by atoms with Crippen LogP contribution >= 0.6 is 11.8 Å². The molecule has 25 heavy (non-hydrogen) atoms. The Morgan fingerprint density at radius 1 is 1.12 bits per heavy atom. The number of thioether (sulfide) groups is 1. The number of hydrogen-bond acceptors (Lipinski definition) is 3. The molecule has 0 saturated carbocycles. The molecule has 0 N–H and O–H groups in total. The van der Waals surface area contributed by atoms with Crippen molar-refractivity contribution in [1.29, 1.82) is 0 Å². The summed E-state index contributed by atoms with van der Waals surface area (Å²) in [5.74, 6) is 2.07. The van der Waals surface area contributed by atoms with Crippen LogP contribution in [-0.4, -0.2) is 15.1 Å². The summed E-state index contributed by atoms with van der Waals surface area (Å²) < 4.78 is 7.44. The first-order valence-corrected chi connectivity index (χ1v) is 9.57. The molecule has 4 aromatic rings. The first-order chi connectivity index (χ1) is 12.3. The van der Waals surface area contributed by atoms with Gasteiger partial charge in [0, 0.05) is 23.1 Å². The number of aromatic nitrogens is 2. The van der Waals surface area contributed by atoms with Crippen LogP contribution in [0.3, 0.4) is 0 Å². The van der Waals surface area contributed by atoms with Gasteiger partial charge in [0.1, 0.15) is 5.65 Å². The molecule has 0 aliphatic carbocycles. The van der Waals surface area contributed by atoms with Gasteiger partial charge in [-0.3, -0.25) is 0 Å². The average molecular weight is 348 g/mol. The number of furan rings is 1. The molecular weight excluding hydrogens is 328 g/mol. The third-order valence-electron chi connectivity index (χ3n) is 4.35. The maximum absolute atomic E-state index is 5.23. The van der Waals surface area contributed by atoms with Gasteiger partial charge >= 0.3 is 0 Å². The molecule has 0 aliphatic heterocycles. The Bertz CT molecular complexity index is 958. The van der Waals surface area contributed by atoms with Crippen molar-refractivity contribution in [2.24, 2.45) is 0 Å². The lowest BCUT2D eigenvalue weighted by Crippen LogP contribution is -1.95. The third kappa shape index (κ3) is 3.49. The molecule has 0 aliphatic rings. The minimum Gasteiger partial charge on any atom is -0.472 e. The fourth-order valence-electron chi connectivity index (χ4n) is 3.01. The van der Waals surface area contributed by atoms with Crippen molar-refractivity contribution >= 4 is 17.4 Å². The number of benzene rings is 1. The standard InChI is InChI=1S/C21H20N2OS/c1-16-11-19(18-7-9-24-14-18)13-23-20(12-22-21(16)23)15-25-10-8-17-5-3-2-4-6-17/h2-7,9,11-14H,8,10,15H2,1H3. The monoisotopic (exact) mass is 348 g/mol. The molecule has 0 fully saturated rings. The van der Waals surface area contributed by atoms with Gasteiger partial charge in [-0.1, -0.05) is 30.3 Å². The first kappa shape index (κ1) is 16.0. The van der Waals surface area contributed by atoms with Gasteiger partial charge < -0.3 is 8.82 Å². The number of hydrogen-bond donors (Lipinski definition) is 0. The Balaban J connectivity index is 1.50. The van der Waals surface area contributed by atoms with Gasteiger partial charge in [-0.2, -0.15) is 11.8 Å². The normalized spacial score (nSPS) is 11.2. The van der Waals surface area contributed by atoms with Crippen molar-refractivity contribution < 1.29 is 4.42 Å². The van der Waals surface area contributed by atoms with Crippen molar-refractivity contribution in [1.82, 2.24) is 9.38 Å². The van der Waals surface area contributed by atoms with Gasteiger partial charge in [-0.15, -0.1) is 0 Å². The van der Waals surface area contributed by atoms with Crippen LogP contribution in [-0.2, 0) is 12.2 Å². The van der Waals surface area contributed by atoms with E-state index in [9.17, 15) is 0 Å². The Labute approximate surface area is 151 Å². The highest BCUT2D eigenvalue weighted by Crippen LogP contribution is 2.25. The van der Waals surface area contributed by atoms with E-state index >= 15 is 0 Å². The molecule has 0 atom stereocenters. The van der Waals surface area contributed by atoms with Crippen molar-refractivity contribution in [3.8, 4) is 11.1 Å². The predicted molar refractivity (Wildman–Crippen MR) is 104 cm³/mol. The second-order valence-corrected chi connectivity index (χ2v) is 7.26. The van der Waals surface area contributed by atoms with E-state index < -0.39 is 0 Å². The van der Waals surface area contributed by atoms with Crippen molar-refractivity contribution in [3.63, 3.8) is 0 Å². The molecule has 0 saturated heterocycles. The van der Waals surface area contributed by atoms with Crippen molar-refractivity contribution in [2.75, 3.05) is 5.75 Å². The lowest BCUT2D eigenvalue weighted by molar-refractivity contribution is 0.568. The molecule has 0 unspecified atom stereocenters. The summed E-state index contributed by atoms with van der Waals surface area (Å²) in [4.78, 5) is 4.60. The first-order valence-electron chi connectivity index (χ1n) is 8.42. The highest BCUT2D eigenvalue weighted by molar-refractivity contribution is 7.98. The summed E-state index contributed by atoms with van der Waals surface area (Å²) in [5.41, 5.74) is 7.10. The lowest BCUT2D eigenvalue weighted by Gasteiger charge is -2.07. The quantitative estimate of drug-likeness (QED) is 0.438. The molecule has 4 rings (SSSR count). The summed E-state index contributed by atoms with van der Waals surface area (Å²) in [5, 5.41) is 0. The summed E-state index contributed by atoms with van der Waals surface area (Å²) in [6, 6.07) is 14.8. The SMILES string of the molecule is Cc1cc(-c2ccoc2)cn2c(CSCCc3ccccc3)cnc12. The summed E-state index contributed by atoms with van der Waals surface area (Å²) in [7, 11) is 0. The van der Waals surface area contributed by atoms with Crippen LogP contribution in [0.1, 0.15) is 16.8 Å². The van der Waals surface area contributed by atoms with Crippen LogP contribution in [0.25, 0.3) is 16.8 Å². The fraction of sp³-hybridized carbons (Fsp3) is 0.190. The maximum Gasteiger partial charge on any atom is 0.139 e. The van der Waals surface area contributed by atoms with Gasteiger partial charge in [0.05, 0.1) is 24.4 Å². The van der Waals surface area contributed by atoms with E-state index in [4.69, 9.17) is 4.42 Å². The predicted octanol–water partition coefficient (Wildman–Crippen LogP) is 5.38. The van der Waals surface area contributed by atoms with Crippen LogP contribution in [0.5, 0.6) is 0 Å². The summed E-state index contributed by atoms with van der Waals surface area (Å²) in [6.07, 6.45) is 8.75. The Kier molecular flexibility index (Phi) is 4.61. The smallest absolute Gasteiger partial charge is 0.139 e. The van der Waals surface area contributed by atoms with Crippen LogP contribution in [0.2, 0.25) is 0 Å². The largest absolute Gasteiger partial charge is 0.472 e. The van der Waals surface area contributed by atoms with E-state index in [1.54, 1.807) is 12.5 Å². The zero-order chi connectivity index (χ0) is 17.1. The molecule has 3 heterocycles. The van der Waals surface area contributed by atoms with Crippen molar-refractivity contribution in [3.05, 3.63) is 84.2 Å².